The van der Waals surface area contributed by atoms with E-state index in [1.807, 2.05) is 18.2 Å². The average Bonchev–Trinajstić information content (AvgIpc) is 3.01. The number of rotatable bonds is 4. The Bertz CT molecular complexity index is 996. The van der Waals surface area contributed by atoms with Gasteiger partial charge in [0.1, 0.15) is 16.8 Å². The molecule has 1 aromatic heterocycles. The van der Waals surface area contributed by atoms with E-state index in [-0.39, 0.29) is 11.3 Å². The second kappa shape index (κ2) is 8.73. The SMILES string of the molecule is COc1ccc(Br)cc1/C=C/C(=O)Nc1sc2c(c1C#N)CC[C@@H](C(C)(C)C)C2. The predicted octanol–water partition coefficient (Wildman–Crippen LogP) is 6.19. The highest BCUT2D eigenvalue weighted by molar-refractivity contribution is 9.10. The predicted molar refractivity (Wildman–Crippen MR) is 122 cm³/mol. The number of nitriles is 1. The molecule has 1 amide bonds. The average molecular weight is 473 g/mol. The van der Waals surface area contributed by atoms with Crippen LogP contribution in [-0.4, -0.2) is 13.0 Å². The first kappa shape index (κ1) is 21.6. The molecule has 0 unspecified atom stereocenters. The number of methoxy groups -OCH3 is 1. The molecular formula is C23H25BrN2O2S. The van der Waals surface area contributed by atoms with Gasteiger partial charge in [0.2, 0.25) is 5.91 Å². The number of carbonyl (C=O) groups is 1. The summed E-state index contributed by atoms with van der Waals surface area (Å²) in [4.78, 5) is 13.8. The number of hydrogen-bond acceptors (Lipinski definition) is 4. The highest BCUT2D eigenvalue weighted by atomic mass is 79.9. The zero-order valence-corrected chi connectivity index (χ0v) is 19.5. The molecule has 1 N–H and O–H groups in total. The van der Waals surface area contributed by atoms with Gasteiger partial charge in [-0.2, -0.15) is 5.26 Å². The molecule has 1 atom stereocenters. The summed E-state index contributed by atoms with van der Waals surface area (Å²) in [6, 6.07) is 7.92. The lowest BCUT2D eigenvalue weighted by atomic mass is 9.72. The van der Waals surface area contributed by atoms with Crippen LogP contribution in [-0.2, 0) is 17.6 Å². The summed E-state index contributed by atoms with van der Waals surface area (Å²) in [7, 11) is 1.60. The Morgan fingerprint density at radius 2 is 2.17 bits per heavy atom. The number of ether oxygens (including phenoxy) is 1. The van der Waals surface area contributed by atoms with Crippen LogP contribution in [0.1, 0.15) is 48.8 Å². The van der Waals surface area contributed by atoms with E-state index in [0.717, 1.165) is 34.9 Å². The Labute approximate surface area is 184 Å². The number of amides is 1. The zero-order valence-electron chi connectivity index (χ0n) is 17.1. The third-order valence-corrected chi connectivity index (χ3v) is 7.11. The molecule has 152 valence electrons. The second-order valence-electron chi connectivity index (χ2n) is 8.33. The van der Waals surface area contributed by atoms with E-state index in [0.29, 0.717) is 22.2 Å². The maximum atomic E-state index is 12.5. The van der Waals surface area contributed by atoms with Gasteiger partial charge in [-0.1, -0.05) is 36.7 Å². The molecule has 3 rings (SSSR count). The molecule has 1 aromatic carbocycles. The number of hydrogen-bond donors (Lipinski definition) is 1. The number of halogens is 1. The zero-order chi connectivity index (χ0) is 21.2. The fourth-order valence-electron chi connectivity index (χ4n) is 3.69. The normalized spacial score (nSPS) is 16.3. The van der Waals surface area contributed by atoms with Gasteiger partial charge in [-0.3, -0.25) is 4.79 Å². The van der Waals surface area contributed by atoms with E-state index in [9.17, 15) is 10.1 Å². The van der Waals surface area contributed by atoms with Gasteiger partial charge in [0.05, 0.1) is 12.7 Å². The quantitative estimate of drug-likeness (QED) is 0.539. The minimum Gasteiger partial charge on any atom is -0.496 e. The molecule has 2 aromatic rings. The first-order valence-corrected chi connectivity index (χ1v) is 11.2. The molecule has 6 heteroatoms. The van der Waals surface area contributed by atoms with Crippen molar-refractivity contribution in [2.75, 3.05) is 12.4 Å². The molecule has 0 radical (unpaired) electrons. The van der Waals surface area contributed by atoms with Crippen LogP contribution < -0.4 is 10.1 Å². The summed E-state index contributed by atoms with van der Waals surface area (Å²) in [5.74, 6) is 1.02. The summed E-state index contributed by atoms with van der Waals surface area (Å²) < 4.78 is 6.24. The van der Waals surface area contributed by atoms with Gasteiger partial charge in [0.15, 0.2) is 0 Å². The fraction of sp³-hybridized carbons (Fsp3) is 0.391. The lowest BCUT2D eigenvalue weighted by molar-refractivity contribution is -0.111. The number of nitrogens with one attached hydrogen (secondary N) is 1. The van der Waals surface area contributed by atoms with Gasteiger partial charge in [-0.05, 0) is 60.4 Å². The van der Waals surface area contributed by atoms with Crippen molar-refractivity contribution in [3.63, 3.8) is 0 Å². The minimum absolute atomic E-state index is 0.240. The smallest absolute Gasteiger partial charge is 0.249 e. The van der Waals surface area contributed by atoms with E-state index >= 15 is 0 Å². The topological polar surface area (TPSA) is 62.1 Å². The molecule has 29 heavy (non-hydrogen) atoms. The minimum atomic E-state index is -0.255. The lowest BCUT2D eigenvalue weighted by Crippen LogP contribution is -2.26. The van der Waals surface area contributed by atoms with E-state index < -0.39 is 0 Å². The third-order valence-electron chi connectivity index (χ3n) is 5.44. The number of benzene rings is 1. The van der Waals surface area contributed by atoms with Crippen molar-refractivity contribution in [3.8, 4) is 11.8 Å². The van der Waals surface area contributed by atoms with E-state index in [2.05, 4.69) is 48.1 Å². The fourth-order valence-corrected chi connectivity index (χ4v) is 5.35. The van der Waals surface area contributed by atoms with E-state index in [1.165, 1.54) is 11.0 Å². The van der Waals surface area contributed by atoms with Gasteiger partial charge in [0, 0.05) is 21.0 Å². The van der Waals surface area contributed by atoms with Gasteiger partial charge >= 0.3 is 0 Å². The van der Waals surface area contributed by atoms with Gasteiger partial charge in [-0.15, -0.1) is 11.3 Å². The van der Waals surface area contributed by atoms with Crippen LogP contribution in [0.2, 0.25) is 0 Å². The van der Waals surface area contributed by atoms with Crippen molar-refractivity contribution in [1.29, 1.82) is 5.26 Å². The maximum absolute atomic E-state index is 12.5. The van der Waals surface area contributed by atoms with Crippen molar-refractivity contribution in [1.82, 2.24) is 0 Å². The Morgan fingerprint density at radius 3 is 2.83 bits per heavy atom. The summed E-state index contributed by atoms with van der Waals surface area (Å²) in [5, 5.41) is 13.2. The van der Waals surface area contributed by atoms with Crippen LogP contribution in [0, 0.1) is 22.7 Å². The van der Waals surface area contributed by atoms with Crippen LogP contribution in [0.5, 0.6) is 5.75 Å². The van der Waals surface area contributed by atoms with Crippen molar-refractivity contribution in [2.45, 2.75) is 40.0 Å². The number of thiophene rings is 1. The van der Waals surface area contributed by atoms with Crippen LogP contribution >= 0.6 is 27.3 Å². The molecule has 0 saturated carbocycles. The summed E-state index contributed by atoms with van der Waals surface area (Å²) in [6.45, 7) is 6.81. The van der Waals surface area contributed by atoms with Crippen molar-refractivity contribution in [2.24, 2.45) is 11.3 Å². The highest BCUT2D eigenvalue weighted by Crippen LogP contribution is 2.44. The Morgan fingerprint density at radius 1 is 1.41 bits per heavy atom. The second-order valence-corrected chi connectivity index (χ2v) is 10.4. The summed E-state index contributed by atoms with van der Waals surface area (Å²) in [5.41, 5.74) is 2.78. The summed E-state index contributed by atoms with van der Waals surface area (Å²) >= 11 is 4.98. The van der Waals surface area contributed by atoms with Gasteiger partial charge in [-0.25, -0.2) is 0 Å². The van der Waals surface area contributed by atoms with E-state index in [4.69, 9.17) is 4.74 Å². The Balaban J connectivity index is 1.79. The molecule has 0 spiro atoms. The van der Waals surface area contributed by atoms with Gasteiger partial charge < -0.3 is 10.1 Å². The third kappa shape index (κ3) is 4.91. The van der Waals surface area contributed by atoms with Crippen LogP contribution in [0.25, 0.3) is 6.08 Å². The molecule has 0 bridgehead atoms. The molecule has 4 nitrogen and oxygen atoms in total. The van der Waals surface area contributed by atoms with E-state index in [1.54, 1.807) is 24.5 Å². The van der Waals surface area contributed by atoms with Crippen LogP contribution in [0.3, 0.4) is 0 Å². The molecule has 0 fully saturated rings. The molecule has 0 saturated heterocycles. The van der Waals surface area contributed by atoms with Crippen molar-refractivity contribution >= 4 is 44.3 Å². The van der Waals surface area contributed by atoms with Gasteiger partial charge in [0.25, 0.3) is 0 Å². The van der Waals surface area contributed by atoms with Crippen LogP contribution in [0.15, 0.2) is 28.7 Å². The van der Waals surface area contributed by atoms with Crippen molar-refractivity contribution < 1.29 is 9.53 Å². The summed E-state index contributed by atoms with van der Waals surface area (Å²) in [6.07, 6.45) is 6.14. The first-order valence-electron chi connectivity index (χ1n) is 9.60. The van der Waals surface area contributed by atoms with Crippen molar-refractivity contribution in [3.05, 3.63) is 50.3 Å². The maximum Gasteiger partial charge on any atom is 0.249 e. The monoisotopic (exact) mass is 472 g/mol. The molecule has 1 heterocycles. The largest absolute Gasteiger partial charge is 0.496 e. The van der Waals surface area contributed by atoms with Crippen LogP contribution in [0.4, 0.5) is 5.00 Å². The lowest BCUT2D eigenvalue weighted by Gasteiger charge is -2.33. The molecular weight excluding hydrogens is 448 g/mol. The Hall–Kier alpha value is -2.10. The number of fused-ring (bicyclic) bond motifs is 1. The Kier molecular flexibility index (Phi) is 6.50. The first-order chi connectivity index (χ1) is 13.7. The number of carbonyl (C=O) groups excluding carboxylic acids is 1. The highest BCUT2D eigenvalue weighted by Gasteiger charge is 2.32. The molecule has 1 aliphatic rings. The molecule has 1 aliphatic carbocycles. The standard InChI is InChI=1S/C23H25BrN2O2S/c1-23(2,3)15-6-8-17-18(13-25)22(29-20(17)12-15)26-21(27)10-5-14-11-16(24)7-9-19(14)28-4/h5,7,9-11,15H,6,8,12H2,1-4H3,(H,26,27)/b10-5+/t15-/m1/s1. The molecule has 0 aliphatic heterocycles. The number of anilines is 1. The number of nitrogens with zero attached hydrogens (tertiary/aromatic N) is 1.